The van der Waals surface area contributed by atoms with Crippen LogP contribution in [-0.2, 0) is 19.5 Å². The summed E-state index contributed by atoms with van der Waals surface area (Å²) in [4.78, 5) is 5.62. The van der Waals surface area contributed by atoms with Crippen LogP contribution in [0.15, 0.2) is 30.5 Å². The predicted molar refractivity (Wildman–Crippen MR) is 73.2 cm³/mol. The van der Waals surface area contributed by atoms with Crippen molar-refractivity contribution in [2.24, 2.45) is 0 Å². The fourth-order valence-electron chi connectivity index (χ4n) is 1.86. The maximum Gasteiger partial charge on any atom is 0.107 e. The molecule has 0 aliphatic rings. The van der Waals surface area contributed by atoms with Gasteiger partial charge in [0.15, 0.2) is 0 Å². The third-order valence-corrected chi connectivity index (χ3v) is 3.67. The summed E-state index contributed by atoms with van der Waals surface area (Å²) in [7, 11) is 0. The lowest BCUT2D eigenvalue weighted by Crippen LogP contribution is -2.13. The van der Waals surface area contributed by atoms with Crippen LogP contribution in [0.5, 0.6) is 0 Å². The summed E-state index contributed by atoms with van der Waals surface area (Å²) in [5.41, 5.74) is 2.82. The SMILES string of the molecule is CCc1ccccc1CNCc1ncc(C)s1. The quantitative estimate of drug-likeness (QED) is 0.875. The van der Waals surface area contributed by atoms with Crippen molar-refractivity contribution in [3.8, 4) is 0 Å². The number of aryl methyl sites for hydroxylation is 2. The van der Waals surface area contributed by atoms with Gasteiger partial charge in [-0.3, -0.25) is 0 Å². The second-order valence-corrected chi connectivity index (χ2v) is 5.41. The number of nitrogens with one attached hydrogen (secondary N) is 1. The number of nitrogens with zero attached hydrogens (tertiary/aromatic N) is 1. The van der Waals surface area contributed by atoms with E-state index in [0.29, 0.717) is 0 Å². The maximum absolute atomic E-state index is 4.35. The van der Waals surface area contributed by atoms with Gasteiger partial charge >= 0.3 is 0 Å². The molecule has 0 aliphatic heterocycles. The van der Waals surface area contributed by atoms with E-state index in [2.05, 4.69) is 48.4 Å². The molecule has 0 bridgehead atoms. The Bertz CT molecular complexity index is 477. The summed E-state index contributed by atoms with van der Waals surface area (Å²) in [6.07, 6.45) is 3.02. The topological polar surface area (TPSA) is 24.9 Å². The Morgan fingerprint density at radius 1 is 1.18 bits per heavy atom. The van der Waals surface area contributed by atoms with Crippen molar-refractivity contribution in [3.63, 3.8) is 0 Å². The van der Waals surface area contributed by atoms with Gasteiger partial charge < -0.3 is 5.32 Å². The second kappa shape index (κ2) is 5.94. The minimum Gasteiger partial charge on any atom is -0.306 e. The number of rotatable bonds is 5. The molecule has 0 unspecified atom stereocenters. The zero-order valence-electron chi connectivity index (χ0n) is 10.4. The molecule has 0 atom stereocenters. The molecule has 0 saturated carbocycles. The molecule has 3 heteroatoms. The summed E-state index contributed by atoms with van der Waals surface area (Å²) < 4.78 is 0. The molecule has 0 spiro atoms. The molecule has 90 valence electrons. The molecule has 1 aromatic heterocycles. The first-order valence-corrected chi connectivity index (χ1v) is 6.80. The highest BCUT2D eigenvalue weighted by Gasteiger charge is 2.01. The summed E-state index contributed by atoms with van der Waals surface area (Å²) in [6.45, 7) is 6.07. The number of benzene rings is 1. The fraction of sp³-hybridized carbons (Fsp3) is 0.357. The molecule has 2 rings (SSSR count). The van der Waals surface area contributed by atoms with E-state index < -0.39 is 0 Å². The van der Waals surface area contributed by atoms with Gasteiger partial charge in [0.25, 0.3) is 0 Å². The van der Waals surface area contributed by atoms with Crippen LogP contribution in [0.25, 0.3) is 0 Å². The third kappa shape index (κ3) is 3.38. The van der Waals surface area contributed by atoms with E-state index in [9.17, 15) is 0 Å². The zero-order valence-corrected chi connectivity index (χ0v) is 11.2. The van der Waals surface area contributed by atoms with Crippen molar-refractivity contribution in [3.05, 3.63) is 51.5 Å². The summed E-state index contributed by atoms with van der Waals surface area (Å²) in [5.74, 6) is 0. The Morgan fingerprint density at radius 3 is 2.59 bits per heavy atom. The molecule has 2 aromatic rings. The Balaban J connectivity index is 1.89. The van der Waals surface area contributed by atoms with E-state index >= 15 is 0 Å². The van der Waals surface area contributed by atoms with Crippen LogP contribution in [0.2, 0.25) is 0 Å². The minimum atomic E-state index is 0.858. The first-order valence-electron chi connectivity index (χ1n) is 5.98. The minimum absolute atomic E-state index is 0.858. The molecule has 2 nitrogen and oxygen atoms in total. The molecule has 0 fully saturated rings. The van der Waals surface area contributed by atoms with E-state index in [0.717, 1.165) is 24.5 Å². The van der Waals surface area contributed by atoms with Gasteiger partial charge in [0.2, 0.25) is 0 Å². The van der Waals surface area contributed by atoms with E-state index in [1.807, 2.05) is 6.20 Å². The molecular weight excluding hydrogens is 228 g/mol. The number of thiazole rings is 1. The largest absolute Gasteiger partial charge is 0.306 e. The van der Waals surface area contributed by atoms with E-state index in [1.54, 1.807) is 11.3 Å². The molecule has 17 heavy (non-hydrogen) atoms. The number of aromatic nitrogens is 1. The normalized spacial score (nSPS) is 10.7. The van der Waals surface area contributed by atoms with Crippen LogP contribution >= 0.6 is 11.3 Å². The molecule has 0 saturated heterocycles. The second-order valence-electron chi connectivity index (χ2n) is 4.09. The molecule has 1 N–H and O–H groups in total. The molecule has 1 aromatic carbocycles. The molecule has 0 amide bonds. The van der Waals surface area contributed by atoms with Crippen molar-refractivity contribution in [2.75, 3.05) is 0 Å². The predicted octanol–water partition coefficient (Wildman–Crippen LogP) is 3.30. The van der Waals surface area contributed by atoms with Gasteiger partial charge in [-0.05, 0) is 24.5 Å². The summed E-state index contributed by atoms with van der Waals surface area (Å²) >= 11 is 1.76. The summed E-state index contributed by atoms with van der Waals surface area (Å²) in [6, 6.07) is 8.60. The van der Waals surface area contributed by atoms with Gasteiger partial charge in [-0.15, -0.1) is 11.3 Å². The van der Waals surface area contributed by atoms with Crippen LogP contribution in [0.1, 0.15) is 27.9 Å². The third-order valence-electron chi connectivity index (χ3n) is 2.76. The number of hydrogen-bond acceptors (Lipinski definition) is 3. The van der Waals surface area contributed by atoms with Crippen LogP contribution < -0.4 is 5.32 Å². The lowest BCUT2D eigenvalue weighted by atomic mass is 10.1. The number of hydrogen-bond donors (Lipinski definition) is 1. The highest BCUT2D eigenvalue weighted by molar-refractivity contribution is 7.11. The van der Waals surface area contributed by atoms with Crippen molar-refractivity contribution in [1.82, 2.24) is 10.3 Å². The Labute approximate surface area is 107 Å². The zero-order chi connectivity index (χ0) is 12.1. The Hall–Kier alpha value is -1.19. The van der Waals surface area contributed by atoms with Crippen LogP contribution in [0, 0.1) is 6.92 Å². The molecule has 1 heterocycles. The standard InChI is InChI=1S/C14H18N2S/c1-3-12-6-4-5-7-13(12)9-15-10-14-16-8-11(2)17-14/h4-8,15H,3,9-10H2,1-2H3. The molecule has 0 aliphatic carbocycles. The fourth-order valence-corrected chi connectivity index (χ4v) is 2.62. The first-order chi connectivity index (χ1) is 8.29. The van der Waals surface area contributed by atoms with Gasteiger partial charge in [-0.2, -0.15) is 0 Å². The van der Waals surface area contributed by atoms with E-state index in [-0.39, 0.29) is 0 Å². The van der Waals surface area contributed by atoms with E-state index in [1.165, 1.54) is 16.0 Å². The highest BCUT2D eigenvalue weighted by atomic mass is 32.1. The van der Waals surface area contributed by atoms with Gasteiger partial charge in [0, 0.05) is 24.2 Å². The molecule has 0 radical (unpaired) electrons. The van der Waals surface area contributed by atoms with Crippen LogP contribution in [0.3, 0.4) is 0 Å². The van der Waals surface area contributed by atoms with Gasteiger partial charge in [0.05, 0.1) is 0 Å². The Morgan fingerprint density at radius 2 is 1.94 bits per heavy atom. The van der Waals surface area contributed by atoms with Crippen LogP contribution in [0.4, 0.5) is 0 Å². The average Bonchev–Trinajstić information content (AvgIpc) is 2.76. The summed E-state index contributed by atoms with van der Waals surface area (Å²) in [5, 5.41) is 4.62. The van der Waals surface area contributed by atoms with Gasteiger partial charge in [-0.25, -0.2) is 4.98 Å². The van der Waals surface area contributed by atoms with Crippen LogP contribution in [-0.4, -0.2) is 4.98 Å². The van der Waals surface area contributed by atoms with Crippen molar-refractivity contribution >= 4 is 11.3 Å². The van der Waals surface area contributed by atoms with Crippen molar-refractivity contribution in [1.29, 1.82) is 0 Å². The average molecular weight is 246 g/mol. The highest BCUT2D eigenvalue weighted by Crippen LogP contribution is 2.12. The van der Waals surface area contributed by atoms with Gasteiger partial charge in [0.1, 0.15) is 5.01 Å². The Kier molecular flexibility index (Phi) is 4.29. The van der Waals surface area contributed by atoms with Crippen molar-refractivity contribution < 1.29 is 0 Å². The molecular formula is C14H18N2S. The van der Waals surface area contributed by atoms with Crippen molar-refractivity contribution in [2.45, 2.75) is 33.4 Å². The smallest absolute Gasteiger partial charge is 0.107 e. The lowest BCUT2D eigenvalue weighted by molar-refractivity contribution is 0.685. The lowest BCUT2D eigenvalue weighted by Gasteiger charge is -2.07. The van der Waals surface area contributed by atoms with E-state index in [4.69, 9.17) is 0 Å². The monoisotopic (exact) mass is 246 g/mol. The maximum atomic E-state index is 4.35. The first kappa shape index (κ1) is 12.3. The van der Waals surface area contributed by atoms with Gasteiger partial charge in [-0.1, -0.05) is 31.2 Å².